The number of para-hydroxylation sites is 3. The first kappa shape index (κ1) is 21.9. The summed E-state index contributed by atoms with van der Waals surface area (Å²) in [5.41, 5.74) is 1.96. The van der Waals surface area contributed by atoms with E-state index in [1.807, 2.05) is 43.3 Å². The summed E-state index contributed by atoms with van der Waals surface area (Å²) in [5, 5.41) is 0. The van der Waals surface area contributed by atoms with Crippen LogP contribution in [0.25, 0.3) is 5.57 Å². The molecule has 2 aromatic rings. The van der Waals surface area contributed by atoms with Crippen LogP contribution in [-0.2, 0) is 9.59 Å². The second-order valence-corrected chi connectivity index (χ2v) is 8.38. The highest BCUT2D eigenvalue weighted by atomic mass is 16.5. The molecule has 2 aliphatic heterocycles. The van der Waals surface area contributed by atoms with Gasteiger partial charge in [-0.05, 0) is 43.4 Å². The lowest BCUT2D eigenvalue weighted by Crippen LogP contribution is -2.39. The molecule has 6 heteroatoms. The first-order chi connectivity index (χ1) is 15.6. The van der Waals surface area contributed by atoms with Gasteiger partial charge in [0.2, 0.25) is 0 Å². The molecule has 1 unspecified atom stereocenters. The van der Waals surface area contributed by atoms with Gasteiger partial charge in [-0.3, -0.25) is 9.59 Å². The molecule has 0 aromatic heterocycles. The van der Waals surface area contributed by atoms with E-state index in [9.17, 15) is 9.59 Å². The number of hydrogen-bond donors (Lipinski definition) is 0. The number of benzene rings is 2. The number of rotatable bonds is 7. The van der Waals surface area contributed by atoms with E-state index in [1.54, 1.807) is 19.2 Å². The third-order valence-electron chi connectivity index (χ3n) is 5.98. The van der Waals surface area contributed by atoms with Crippen molar-refractivity contribution < 1.29 is 19.1 Å². The maximum absolute atomic E-state index is 13.9. The zero-order chi connectivity index (χ0) is 22.7. The molecule has 0 aliphatic carbocycles. The summed E-state index contributed by atoms with van der Waals surface area (Å²) in [4.78, 5) is 31.0. The molecule has 0 spiro atoms. The molecule has 2 aromatic carbocycles. The summed E-state index contributed by atoms with van der Waals surface area (Å²) in [6, 6.07) is 14.6. The monoisotopic (exact) mass is 434 g/mol. The third kappa shape index (κ3) is 3.97. The van der Waals surface area contributed by atoms with E-state index in [-0.39, 0.29) is 11.8 Å². The number of likely N-dealkylation sites (tertiary alicyclic amines) is 1. The van der Waals surface area contributed by atoms with Crippen LogP contribution in [0.4, 0.5) is 5.69 Å². The molecule has 32 heavy (non-hydrogen) atoms. The first-order valence-corrected chi connectivity index (χ1v) is 11.3. The normalized spacial score (nSPS) is 19.0. The van der Waals surface area contributed by atoms with E-state index in [0.29, 0.717) is 46.5 Å². The summed E-state index contributed by atoms with van der Waals surface area (Å²) in [6.07, 6.45) is 2.94. The Labute approximate surface area is 189 Å². The Kier molecular flexibility index (Phi) is 6.49. The van der Waals surface area contributed by atoms with Gasteiger partial charge in [-0.2, -0.15) is 0 Å². The van der Waals surface area contributed by atoms with Gasteiger partial charge in [-0.25, -0.2) is 4.90 Å². The third-order valence-corrected chi connectivity index (χ3v) is 5.98. The SMILES string of the molecule is CCCOc1ccccc1N1C(=O)C(c2ccccc2OC)=C(N2CCCC(C)C2)C1=O. The molecule has 0 N–H and O–H groups in total. The highest BCUT2D eigenvalue weighted by Gasteiger charge is 2.44. The predicted molar refractivity (Wildman–Crippen MR) is 125 cm³/mol. The van der Waals surface area contributed by atoms with Crippen molar-refractivity contribution in [3.8, 4) is 11.5 Å². The van der Waals surface area contributed by atoms with Gasteiger partial charge in [-0.1, -0.05) is 44.2 Å². The lowest BCUT2D eigenvalue weighted by atomic mass is 9.97. The zero-order valence-corrected chi connectivity index (χ0v) is 19.0. The smallest absolute Gasteiger partial charge is 0.282 e. The van der Waals surface area contributed by atoms with E-state index >= 15 is 0 Å². The number of anilines is 1. The molecular formula is C26H30N2O4. The van der Waals surface area contributed by atoms with E-state index in [2.05, 4.69) is 11.8 Å². The number of amides is 2. The second-order valence-electron chi connectivity index (χ2n) is 8.38. The van der Waals surface area contributed by atoms with E-state index < -0.39 is 0 Å². The van der Waals surface area contributed by atoms with Crippen LogP contribution in [0.5, 0.6) is 11.5 Å². The van der Waals surface area contributed by atoms with Crippen LogP contribution < -0.4 is 14.4 Å². The minimum absolute atomic E-state index is 0.308. The van der Waals surface area contributed by atoms with Crippen LogP contribution >= 0.6 is 0 Å². The Bertz CT molecular complexity index is 1050. The molecule has 4 rings (SSSR count). The van der Waals surface area contributed by atoms with Gasteiger partial charge < -0.3 is 14.4 Å². The van der Waals surface area contributed by atoms with Crippen LogP contribution in [0.15, 0.2) is 54.2 Å². The first-order valence-electron chi connectivity index (χ1n) is 11.3. The van der Waals surface area contributed by atoms with Gasteiger partial charge >= 0.3 is 0 Å². The number of hydrogen-bond acceptors (Lipinski definition) is 5. The van der Waals surface area contributed by atoms with Gasteiger partial charge in [-0.15, -0.1) is 0 Å². The van der Waals surface area contributed by atoms with Crippen molar-refractivity contribution in [3.63, 3.8) is 0 Å². The Morgan fingerprint density at radius 1 is 1.00 bits per heavy atom. The van der Waals surface area contributed by atoms with Gasteiger partial charge in [0.25, 0.3) is 11.8 Å². The number of methoxy groups -OCH3 is 1. The number of nitrogens with zero attached hydrogens (tertiary/aromatic N) is 2. The Morgan fingerprint density at radius 2 is 1.72 bits per heavy atom. The zero-order valence-electron chi connectivity index (χ0n) is 19.0. The van der Waals surface area contributed by atoms with Crippen molar-refractivity contribution in [2.45, 2.75) is 33.1 Å². The van der Waals surface area contributed by atoms with E-state index in [1.165, 1.54) is 4.90 Å². The molecule has 6 nitrogen and oxygen atoms in total. The molecule has 1 fully saturated rings. The topological polar surface area (TPSA) is 59.1 Å². The Morgan fingerprint density at radius 3 is 2.44 bits per heavy atom. The maximum Gasteiger partial charge on any atom is 0.282 e. The number of piperidine rings is 1. The second kappa shape index (κ2) is 9.47. The van der Waals surface area contributed by atoms with Crippen LogP contribution in [0, 0.1) is 5.92 Å². The minimum Gasteiger partial charge on any atom is -0.496 e. The predicted octanol–water partition coefficient (Wildman–Crippen LogP) is 4.50. The van der Waals surface area contributed by atoms with Gasteiger partial charge in [0.1, 0.15) is 17.2 Å². The summed E-state index contributed by atoms with van der Waals surface area (Å²) in [6.45, 7) is 6.21. The highest BCUT2D eigenvalue weighted by molar-refractivity contribution is 6.46. The van der Waals surface area contributed by atoms with Crippen molar-refractivity contribution in [1.29, 1.82) is 0 Å². The largest absolute Gasteiger partial charge is 0.496 e. The van der Waals surface area contributed by atoms with Crippen molar-refractivity contribution in [2.75, 3.05) is 31.7 Å². The van der Waals surface area contributed by atoms with Crippen molar-refractivity contribution in [2.24, 2.45) is 5.92 Å². The lowest BCUT2D eigenvalue weighted by Gasteiger charge is -2.33. The van der Waals surface area contributed by atoms with Crippen molar-refractivity contribution in [3.05, 3.63) is 59.8 Å². The fourth-order valence-electron chi connectivity index (χ4n) is 4.49. The molecule has 0 saturated carbocycles. The number of imide groups is 1. The van der Waals surface area contributed by atoms with Crippen molar-refractivity contribution in [1.82, 2.24) is 4.90 Å². The Hall–Kier alpha value is -3.28. The molecular weight excluding hydrogens is 404 g/mol. The lowest BCUT2D eigenvalue weighted by molar-refractivity contribution is -0.120. The average molecular weight is 435 g/mol. The maximum atomic E-state index is 13.9. The summed E-state index contributed by atoms with van der Waals surface area (Å²) >= 11 is 0. The van der Waals surface area contributed by atoms with Crippen LogP contribution in [0.1, 0.15) is 38.7 Å². The van der Waals surface area contributed by atoms with Crippen LogP contribution in [0.2, 0.25) is 0 Å². The average Bonchev–Trinajstić information content (AvgIpc) is 3.07. The standard InChI is InChI=1S/C26H30N2O4/c1-4-16-32-22-14-8-6-12-20(22)28-25(29)23(19-11-5-7-13-21(19)31-3)24(26(28)30)27-15-9-10-18(2)17-27/h5-8,11-14,18H,4,9-10,15-17H2,1-3H3. The summed E-state index contributed by atoms with van der Waals surface area (Å²) < 4.78 is 11.4. The van der Waals surface area contributed by atoms with Gasteiger partial charge in [0.15, 0.2) is 0 Å². The van der Waals surface area contributed by atoms with E-state index in [0.717, 1.165) is 32.4 Å². The summed E-state index contributed by atoms with van der Waals surface area (Å²) in [5.74, 6) is 0.900. The number of ether oxygens (including phenoxy) is 2. The fraction of sp³-hybridized carbons (Fsp3) is 0.385. The minimum atomic E-state index is -0.347. The molecule has 2 amide bonds. The number of carbonyl (C=O) groups is 2. The van der Waals surface area contributed by atoms with Crippen LogP contribution in [0.3, 0.4) is 0 Å². The summed E-state index contributed by atoms with van der Waals surface area (Å²) in [7, 11) is 1.58. The fourth-order valence-corrected chi connectivity index (χ4v) is 4.49. The Balaban J connectivity index is 1.84. The molecule has 0 bridgehead atoms. The molecule has 2 aliphatic rings. The van der Waals surface area contributed by atoms with Gasteiger partial charge in [0, 0.05) is 18.7 Å². The van der Waals surface area contributed by atoms with Gasteiger partial charge in [0.05, 0.1) is 25.0 Å². The van der Waals surface area contributed by atoms with E-state index in [4.69, 9.17) is 9.47 Å². The van der Waals surface area contributed by atoms with Crippen LogP contribution in [-0.4, -0.2) is 43.5 Å². The highest BCUT2D eigenvalue weighted by Crippen LogP contribution is 2.41. The molecule has 1 atom stereocenters. The quantitative estimate of drug-likeness (QED) is 0.601. The number of carbonyl (C=O) groups excluding carboxylic acids is 2. The molecule has 168 valence electrons. The molecule has 1 saturated heterocycles. The molecule has 0 radical (unpaired) electrons. The van der Waals surface area contributed by atoms with Crippen molar-refractivity contribution >= 4 is 23.1 Å². The molecule has 2 heterocycles.